The van der Waals surface area contributed by atoms with Gasteiger partial charge in [0, 0.05) is 5.92 Å². The minimum absolute atomic E-state index is 0.0598. The molecular weight excluding hydrogens is 328 g/mol. The molecule has 0 saturated heterocycles. The average Bonchev–Trinajstić information content (AvgIpc) is 2.59. The third-order valence-corrected chi connectivity index (χ3v) is 4.26. The largest absolute Gasteiger partial charge is 0.508 e. The van der Waals surface area contributed by atoms with E-state index in [4.69, 9.17) is 10.2 Å². The van der Waals surface area contributed by atoms with Crippen molar-refractivity contribution >= 4 is 11.8 Å². The van der Waals surface area contributed by atoms with Crippen LogP contribution in [-0.4, -0.2) is 22.0 Å². The maximum atomic E-state index is 11.0. The molecule has 0 aliphatic carbocycles. The summed E-state index contributed by atoms with van der Waals surface area (Å²) >= 11 is 0. The summed E-state index contributed by atoms with van der Waals surface area (Å²) in [4.78, 5) is 21.5. The van der Waals surface area contributed by atoms with Crippen LogP contribution < -0.4 is 0 Å². The third-order valence-electron chi connectivity index (χ3n) is 4.26. The number of hydrogen-bond acceptors (Lipinski definition) is 3. The minimum Gasteiger partial charge on any atom is -0.508 e. The van der Waals surface area contributed by atoms with Crippen molar-refractivity contribution in [1.29, 1.82) is 0 Å². The maximum absolute atomic E-state index is 11.0. The molecule has 4 heteroatoms. The fraction of sp³-hybridized carbons (Fsp3) is 0.364. The van der Waals surface area contributed by atoms with Crippen LogP contribution in [0.4, 0.5) is 0 Å². The van der Waals surface area contributed by atoms with E-state index in [0.29, 0.717) is 6.42 Å². The van der Waals surface area contributed by atoms with E-state index in [-0.39, 0.29) is 23.4 Å². The molecule has 0 aliphatic heterocycles. The lowest BCUT2D eigenvalue weighted by molar-refractivity contribution is -0.141. The number of aryl methyl sites for hydroxylation is 1. The van der Waals surface area contributed by atoms with Crippen LogP contribution in [0.25, 0.3) is 0 Å². The van der Waals surface area contributed by atoms with Crippen molar-refractivity contribution in [2.24, 2.45) is 11.8 Å². The normalized spacial score (nSPS) is 12.5. The van der Waals surface area contributed by atoms with E-state index in [1.165, 1.54) is 5.56 Å². The molecule has 0 fully saturated rings. The van der Waals surface area contributed by atoms with Crippen LogP contribution in [0.3, 0.4) is 0 Å². The number of aromatic hydroxyl groups is 1. The molecule has 2 rings (SSSR count). The van der Waals surface area contributed by atoms with Crippen LogP contribution in [0.15, 0.2) is 48.5 Å². The Hall–Kier alpha value is -2.62. The molecule has 0 spiro atoms. The second-order valence-electron chi connectivity index (χ2n) is 6.81. The summed E-state index contributed by atoms with van der Waals surface area (Å²) in [5, 5.41) is 17.7. The fourth-order valence-electron chi connectivity index (χ4n) is 2.29. The van der Waals surface area contributed by atoms with Gasteiger partial charge < -0.3 is 10.2 Å². The van der Waals surface area contributed by atoms with Crippen LogP contribution in [0.2, 0.25) is 0 Å². The number of rotatable bonds is 6. The summed E-state index contributed by atoms with van der Waals surface area (Å²) < 4.78 is 0. The SMILES string of the molecule is CC(=O)C(C)Cc1ccc(O)cc1.Cc1ccc(CC(C)C(=O)O)cc1. The van der Waals surface area contributed by atoms with Crippen molar-refractivity contribution in [3.63, 3.8) is 0 Å². The average molecular weight is 356 g/mol. The van der Waals surface area contributed by atoms with Gasteiger partial charge in [-0.3, -0.25) is 9.59 Å². The zero-order chi connectivity index (χ0) is 19.7. The minimum atomic E-state index is -0.736. The maximum Gasteiger partial charge on any atom is 0.306 e. The summed E-state index contributed by atoms with van der Waals surface area (Å²) in [6.07, 6.45) is 1.35. The second kappa shape index (κ2) is 10.4. The molecule has 0 amide bonds. The fourth-order valence-corrected chi connectivity index (χ4v) is 2.29. The summed E-state index contributed by atoms with van der Waals surface area (Å²) in [5.74, 6) is -0.514. The lowest BCUT2D eigenvalue weighted by Crippen LogP contribution is -2.12. The van der Waals surface area contributed by atoms with Gasteiger partial charge in [-0.1, -0.05) is 55.8 Å². The van der Waals surface area contributed by atoms with E-state index >= 15 is 0 Å². The Kier molecular flexibility index (Phi) is 8.56. The predicted octanol–water partition coefficient (Wildman–Crippen LogP) is 4.42. The van der Waals surface area contributed by atoms with Gasteiger partial charge >= 0.3 is 5.97 Å². The molecule has 140 valence electrons. The molecular formula is C22H28O4. The second-order valence-corrected chi connectivity index (χ2v) is 6.81. The van der Waals surface area contributed by atoms with Gasteiger partial charge in [-0.15, -0.1) is 0 Å². The van der Waals surface area contributed by atoms with Crippen LogP contribution in [-0.2, 0) is 22.4 Å². The standard InChI is InChI=1S/2C11H14O2/c1-8(9(2)12)7-10-3-5-11(13)6-4-10;1-8-3-5-10(6-4-8)7-9(2)11(12)13/h3-6,8,13H,7H2,1-2H3;3-6,9H,7H2,1-2H3,(H,12,13). The monoisotopic (exact) mass is 356 g/mol. The number of carbonyl (C=O) groups is 2. The summed E-state index contributed by atoms with van der Waals surface area (Å²) in [6.45, 7) is 7.26. The Morgan fingerprint density at radius 1 is 0.846 bits per heavy atom. The van der Waals surface area contributed by atoms with Gasteiger partial charge in [0.15, 0.2) is 0 Å². The highest BCUT2D eigenvalue weighted by Gasteiger charge is 2.10. The van der Waals surface area contributed by atoms with E-state index in [9.17, 15) is 9.59 Å². The van der Waals surface area contributed by atoms with Crippen molar-refractivity contribution in [2.45, 2.75) is 40.5 Å². The highest BCUT2D eigenvalue weighted by Crippen LogP contribution is 2.13. The van der Waals surface area contributed by atoms with Crippen molar-refractivity contribution in [2.75, 3.05) is 0 Å². The highest BCUT2D eigenvalue weighted by molar-refractivity contribution is 5.78. The van der Waals surface area contributed by atoms with Crippen LogP contribution >= 0.6 is 0 Å². The number of benzene rings is 2. The number of ketones is 1. The quantitative estimate of drug-likeness (QED) is 0.803. The number of carboxylic acid groups (broad SMARTS) is 1. The van der Waals surface area contributed by atoms with E-state index in [1.807, 2.05) is 50.2 Å². The zero-order valence-corrected chi connectivity index (χ0v) is 15.9. The molecule has 26 heavy (non-hydrogen) atoms. The molecule has 0 heterocycles. The van der Waals surface area contributed by atoms with E-state index < -0.39 is 5.97 Å². The summed E-state index contributed by atoms with van der Waals surface area (Å²) in [6, 6.07) is 14.9. The van der Waals surface area contributed by atoms with Gasteiger partial charge in [0.25, 0.3) is 0 Å². The summed E-state index contributed by atoms with van der Waals surface area (Å²) in [7, 11) is 0. The lowest BCUT2D eigenvalue weighted by atomic mass is 9.98. The van der Waals surface area contributed by atoms with E-state index in [1.54, 1.807) is 26.0 Å². The van der Waals surface area contributed by atoms with Gasteiger partial charge in [-0.2, -0.15) is 0 Å². The zero-order valence-electron chi connectivity index (χ0n) is 15.9. The number of aliphatic carboxylic acids is 1. The molecule has 2 aromatic carbocycles. The van der Waals surface area contributed by atoms with E-state index in [0.717, 1.165) is 17.5 Å². The molecule has 2 N–H and O–H groups in total. The number of hydrogen-bond donors (Lipinski definition) is 2. The van der Waals surface area contributed by atoms with Crippen molar-refractivity contribution in [3.8, 4) is 5.75 Å². The summed E-state index contributed by atoms with van der Waals surface area (Å²) in [5.41, 5.74) is 3.37. The Labute approximate surface area is 155 Å². The van der Waals surface area contributed by atoms with Crippen LogP contribution in [0, 0.1) is 18.8 Å². The first-order chi connectivity index (χ1) is 12.2. The lowest BCUT2D eigenvalue weighted by Gasteiger charge is -2.06. The molecule has 0 saturated carbocycles. The van der Waals surface area contributed by atoms with Gasteiger partial charge in [-0.05, 0) is 49.9 Å². The van der Waals surface area contributed by atoms with E-state index in [2.05, 4.69) is 0 Å². The number of Topliss-reactive ketones (excluding diaryl/α,β-unsaturated/α-hetero) is 1. The van der Waals surface area contributed by atoms with Gasteiger partial charge in [0.1, 0.15) is 11.5 Å². The van der Waals surface area contributed by atoms with Crippen molar-refractivity contribution < 1.29 is 19.8 Å². The molecule has 0 bridgehead atoms. The predicted molar refractivity (Wildman–Crippen MR) is 103 cm³/mol. The Balaban J connectivity index is 0.000000260. The molecule has 2 atom stereocenters. The number of carbonyl (C=O) groups excluding carboxylic acids is 1. The third kappa shape index (κ3) is 7.97. The molecule has 0 radical (unpaired) electrons. The Bertz CT molecular complexity index is 638. The Morgan fingerprint density at radius 2 is 1.27 bits per heavy atom. The number of carboxylic acids is 1. The molecule has 2 unspecified atom stereocenters. The van der Waals surface area contributed by atoms with Crippen molar-refractivity contribution in [3.05, 3.63) is 65.2 Å². The highest BCUT2D eigenvalue weighted by atomic mass is 16.4. The molecule has 0 aromatic heterocycles. The number of phenols is 1. The topological polar surface area (TPSA) is 74.6 Å². The Morgan fingerprint density at radius 3 is 1.69 bits per heavy atom. The molecule has 4 nitrogen and oxygen atoms in total. The molecule has 0 aliphatic rings. The van der Waals surface area contributed by atoms with Crippen LogP contribution in [0.5, 0.6) is 5.75 Å². The van der Waals surface area contributed by atoms with Gasteiger partial charge in [-0.25, -0.2) is 0 Å². The van der Waals surface area contributed by atoms with Gasteiger partial charge in [0.2, 0.25) is 0 Å². The first-order valence-electron chi connectivity index (χ1n) is 8.75. The number of phenolic OH excluding ortho intramolecular Hbond substituents is 1. The smallest absolute Gasteiger partial charge is 0.306 e. The van der Waals surface area contributed by atoms with Gasteiger partial charge in [0.05, 0.1) is 5.92 Å². The van der Waals surface area contributed by atoms with Crippen LogP contribution in [0.1, 0.15) is 37.5 Å². The first-order valence-corrected chi connectivity index (χ1v) is 8.75. The first kappa shape index (κ1) is 21.4. The van der Waals surface area contributed by atoms with Crippen molar-refractivity contribution in [1.82, 2.24) is 0 Å². The molecule has 2 aromatic rings.